The van der Waals surface area contributed by atoms with E-state index in [1.807, 2.05) is 28.8 Å². The van der Waals surface area contributed by atoms with Gasteiger partial charge < -0.3 is 9.47 Å². The fourth-order valence-corrected chi connectivity index (χ4v) is 6.33. The smallest absolute Gasteiger partial charge is 0.243 e. The number of hydrogen-bond donors (Lipinski definition) is 0. The van der Waals surface area contributed by atoms with Crippen molar-refractivity contribution in [1.29, 1.82) is 0 Å². The second-order valence-electron chi connectivity index (χ2n) is 7.99. The van der Waals surface area contributed by atoms with Crippen LogP contribution in [0.2, 0.25) is 10.0 Å². The van der Waals surface area contributed by atoms with Gasteiger partial charge in [-0.1, -0.05) is 41.9 Å². The molecule has 186 valence electrons. The number of nitrogens with zero attached hydrogens (tertiary/aromatic N) is 5. The molecule has 1 aliphatic heterocycles. The van der Waals surface area contributed by atoms with Crippen molar-refractivity contribution < 1.29 is 13.2 Å². The quantitative estimate of drug-likeness (QED) is 0.386. The van der Waals surface area contributed by atoms with Gasteiger partial charge in [-0.3, -0.25) is 4.79 Å². The predicted molar refractivity (Wildman–Crippen MR) is 138 cm³/mol. The Kier molecular flexibility index (Phi) is 8.38. The van der Waals surface area contributed by atoms with Crippen molar-refractivity contribution in [2.45, 2.75) is 29.9 Å². The van der Waals surface area contributed by atoms with Crippen molar-refractivity contribution in [2.75, 3.05) is 31.9 Å². The second-order valence-corrected chi connectivity index (χ2v) is 11.7. The molecule has 0 unspecified atom stereocenters. The van der Waals surface area contributed by atoms with E-state index in [9.17, 15) is 13.2 Å². The number of amides is 1. The molecule has 35 heavy (non-hydrogen) atoms. The Hall–Kier alpha value is -2.11. The van der Waals surface area contributed by atoms with Crippen molar-refractivity contribution in [2.24, 2.45) is 0 Å². The predicted octanol–water partition coefficient (Wildman–Crippen LogP) is 4.29. The lowest BCUT2D eigenvalue weighted by Gasteiger charge is -2.34. The number of halogens is 2. The molecule has 0 N–H and O–H groups in total. The SMILES string of the molecule is CCCn1c(SCC(=O)N2CCN(S(=O)(=O)c3ccc(Cl)cc3)CC2)nnc1-c1ccc(Cl)cc1. The highest BCUT2D eigenvalue weighted by atomic mass is 35.5. The summed E-state index contributed by atoms with van der Waals surface area (Å²) in [6.07, 6.45) is 0.893. The van der Waals surface area contributed by atoms with Gasteiger partial charge in [0, 0.05) is 48.3 Å². The number of carbonyl (C=O) groups excluding carboxylic acids is 1. The molecule has 0 saturated carbocycles. The summed E-state index contributed by atoms with van der Waals surface area (Å²) in [6, 6.07) is 13.5. The maximum Gasteiger partial charge on any atom is 0.243 e. The first-order valence-corrected chi connectivity index (χ1v) is 14.3. The molecular formula is C23H25Cl2N5O3S2. The normalized spacial score (nSPS) is 14.9. The molecule has 2 heterocycles. The molecule has 0 atom stereocenters. The topological polar surface area (TPSA) is 88.4 Å². The minimum Gasteiger partial charge on any atom is -0.339 e. The number of piperazine rings is 1. The Morgan fingerprint density at radius 2 is 1.54 bits per heavy atom. The molecule has 1 aromatic heterocycles. The average molecular weight is 555 g/mol. The molecule has 4 rings (SSSR count). The highest BCUT2D eigenvalue weighted by Gasteiger charge is 2.30. The third-order valence-electron chi connectivity index (χ3n) is 5.63. The first-order valence-electron chi connectivity index (χ1n) is 11.1. The fraction of sp³-hybridized carbons (Fsp3) is 0.348. The van der Waals surface area contributed by atoms with Gasteiger partial charge in [0.15, 0.2) is 11.0 Å². The number of carbonyl (C=O) groups is 1. The lowest BCUT2D eigenvalue weighted by molar-refractivity contribution is -0.129. The van der Waals surface area contributed by atoms with E-state index in [0.717, 1.165) is 24.4 Å². The van der Waals surface area contributed by atoms with Crippen molar-refractivity contribution in [3.05, 3.63) is 58.6 Å². The summed E-state index contributed by atoms with van der Waals surface area (Å²) in [7, 11) is -3.62. The van der Waals surface area contributed by atoms with Gasteiger partial charge >= 0.3 is 0 Å². The average Bonchev–Trinajstić information content (AvgIpc) is 3.26. The molecule has 8 nitrogen and oxygen atoms in total. The fourth-order valence-electron chi connectivity index (χ4n) is 3.78. The van der Waals surface area contributed by atoms with Crippen LogP contribution in [0.3, 0.4) is 0 Å². The Morgan fingerprint density at radius 3 is 2.14 bits per heavy atom. The Balaban J connectivity index is 1.36. The molecular weight excluding hydrogens is 529 g/mol. The summed E-state index contributed by atoms with van der Waals surface area (Å²) in [6.45, 7) is 3.96. The van der Waals surface area contributed by atoms with E-state index >= 15 is 0 Å². The molecule has 1 aliphatic rings. The Morgan fingerprint density at radius 1 is 0.943 bits per heavy atom. The summed E-state index contributed by atoms with van der Waals surface area (Å²) in [5.74, 6) is 0.879. The summed E-state index contributed by atoms with van der Waals surface area (Å²) < 4.78 is 29.2. The summed E-state index contributed by atoms with van der Waals surface area (Å²) in [5.41, 5.74) is 0.909. The maximum atomic E-state index is 12.9. The Labute approximate surface area is 219 Å². The lowest BCUT2D eigenvalue weighted by atomic mass is 10.2. The zero-order valence-corrected chi connectivity index (χ0v) is 22.2. The van der Waals surface area contributed by atoms with E-state index in [1.54, 1.807) is 17.0 Å². The summed E-state index contributed by atoms with van der Waals surface area (Å²) >= 11 is 13.2. The van der Waals surface area contributed by atoms with E-state index in [0.29, 0.717) is 28.3 Å². The number of hydrogen-bond acceptors (Lipinski definition) is 6. The molecule has 0 aliphatic carbocycles. The van der Waals surface area contributed by atoms with Crippen LogP contribution < -0.4 is 0 Å². The van der Waals surface area contributed by atoms with Crippen LogP contribution >= 0.6 is 35.0 Å². The highest BCUT2D eigenvalue weighted by Crippen LogP contribution is 2.26. The zero-order valence-electron chi connectivity index (χ0n) is 19.1. The van der Waals surface area contributed by atoms with Gasteiger partial charge in [-0.05, 0) is 55.0 Å². The molecule has 1 fully saturated rings. The van der Waals surface area contributed by atoms with Crippen LogP contribution in [0.15, 0.2) is 58.6 Å². The van der Waals surface area contributed by atoms with E-state index < -0.39 is 10.0 Å². The van der Waals surface area contributed by atoms with Gasteiger partial charge in [-0.15, -0.1) is 10.2 Å². The van der Waals surface area contributed by atoms with Gasteiger partial charge in [0.2, 0.25) is 15.9 Å². The van der Waals surface area contributed by atoms with Crippen molar-refractivity contribution >= 4 is 50.9 Å². The molecule has 2 aromatic carbocycles. The third-order valence-corrected chi connectivity index (χ3v) is 9.00. The van der Waals surface area contributed by atoms with Gasteiger partial charge in [-0.2, -0.15) is 4.31 Å². The summed E-state index contributed by atoms with van der Waals surface area (Å²) in [5, 5.41) is 10.5. The van der Waals surface area contributed by atoms with Gasteiger partial charge in [-0.25, -0.2) is 8.42 Å². The minimum absolute atomic E-state index is 0.0577. The minimum atomic E-state index is -3.62. The first-order chi connectivity index (χ1) is 16.8. The standard InChI is InChI=1S/C23H25Cl2N5O3S2/c1-2-11-30-22(17-3-5-18(24)6-4-17)26-27-23(30)34-16-21(31)28-12-14-29(15-13-28)35(32,33)20-9-7-19(25)8-10-20/h3-10H,2,11-16H2,1H3. The molecule has 1 amide bonds. The van der Waals surface area contributed by atoms with E-state index in [1.165, 1.54) is 28.2 Å². The number of rotatable bonds is 8. The number of sulfonamides is 1. The van der Waals surface area contributed by atoms with Crippen LogP contribution in [0.1, 0.15) is 13.3 Å². The molecule has 12 heteroatoms. The zero-order chi connectivity index (χ0) is 25.0. The lowest BCUT2D eigenvalue weighted by Crippen LogP contribution is -2.50. The van der Waals surface area contributed by atoms with E-state index in [4.69, 9.17) is 23.2 Å². The van der Waals surface area contributed by atoms with Gasteiger partial charge in [0.25, 0.3) is 0 Å². The van der Waals surface area contributed by atoms with Crippen LogP contribution in [0.25, 0.3) is 11.4 Å². The van der Waals surface area contributed by atoms with Crippen LogP contribution in [-0.2, 0) is 21.4 Å². The van der Waals surface area contributed by atoms with Crippen molar-refractivity contribution in [3.8, 4) is 11.4 Å². The first kappa shape index (κ1) is 26.0. The number of aromatic nitrogens is 3. The van der Waals surface area contributed by atoms with Crippen LogP contribution in [-0.4, -0.2) is 70.2 Å². The number of benzene rings is 2. The van der Waals surface area contributed by atoms with Gasteiger partial charge in [0.05, 0.1) is 10.6 Å². The maximum absolute atomic E-state index is 12.9. The second kappa shape index (κ2) is 11.3. The largest absolute Gasteiger partial charge is 0.339 e. The number of thioether (sulfide) groups is 1. The molecule has 1 saturated heterocycles. The molecule has 3 aromatic rings. The molecule has 0 radical (unpaired) electrons. The van der Waals surface area contributed by atoms with Crippen molar-refractivity contribution in [3.63, 3.8) is 0 Å². The van der Waals surface area contributed by atoms with Crippen molar-refractivity contribution in [1.82, 2.24) is 24.0 Å². The van der Waals surface area contributed by atoms with Gasteiger partial charge in [0.1, 0.15) is 0 Å². The monoisotopic (exact) mass is 553 g/mol. The summed E-state index contributed by atoms with van der Waals surface area (Å²) in [4.78, 5) is 14.8. The van der Waals surface area contributed by atoms with Crippen LogP contribution in [0.5, 0.6) is 0 Å². The van der Waals surface area contributed by atoms with E-state index in [2.05, 4.69) is 17.1 Å². The third kappa shape index (κ3) is 6.00. The Bertz CT molecular complexity index is 1270. The molecule has 0 spiro atoms. The van der Waals surface area contributed by atoms with Crippen LogP contribution in [0, 0.1) is 0 Å². The molecule has 0 bridgehead atoms. The van der Waals surface area contributed by atoms with Crippen LogP contribution in [0.4, 0.5) is 0 Å². The highest BCUT2D eigenvalue weighted by molar-refractivity contribution is 7.99. The van der Waals surface area contributed by atoms with E-state index in [-0.39, 0.29) is 29.6 Å².